The van der Waals surface area contributed by atoms with Gasteiger partial charge in [-0.3, -0.25) is 14.6 Å². The predicted molar refractivity (Wildman–Crippen MR) is 132 cm³/mol. The van der Waals surface area contributed by atoms with Crippen molar-refractivity contribution in [1.82, 2.24) is 19.4 Å². The summed E-state index contributed by atoms with van der Waals surface area (Å²) in [7, 11) is 7.08. The van der Waals surface area contributed by atoms with Gasteiger partial charge in [-0.25, -0.2) is 0 Å². The number of likely N-dealkylation sites (tertiary alicyclic amines) is 1. The molecule has 4 aromatic rings. The van der Waals surface area contributed by atoms with Crippen molar-refractivity contribution in [2.24, 2.45) is 7.05 Å². The van der Waals surface area contributed by atoms with Crippen LogP contribution < -0.4 is 4.74 Å². The molecular weight excluding hydrogens is 452 g/mol. The monoisotopic (exact) mass is 478 g/mol. The molecule has 34 heavy (non-hydrogen) atoms. The van der Waals surface area contributed by atoms with Crippen LogP contribution in [0.3, 0.4) is 0 Å². The molecule has 1 atom stereocenters. The van der Waals surface area contributed by atoms with Crippen molar-refractivity contribution < 1.29 is 19.1 Å². The van der Waals surface area contributed by atoms with Gasteiger partial charge in [0.2, 0.25) is 0 Å². The number of hydrogen-bond acceptors (Lipinski definition) is 6. The lowest BCUT2D eigenvalue weighted by atomic mass is 10.1. The molecule has 1 fully saturated rings. The van der Waals surface area contributed by atoms with E-state index >= 15 is 0 Å². The van der Waals surface area contributed by atoms with Gasteiger partial charge >= 0.3 is 0 Å². The summed E-state index contributed by atoms with van der Waals surface area (Å²) in [6, 6.07) is 9.32. The number of nitrogens with zero attached hydrogens (tertiary/aromatic N) is 4. The van der Waals surface area contributed by atoms with Crippen molar-refractivity contribution in [3.63, 3.8) is 0 Å². The van der Waals surface area contributed by atoms with E-state index in [2.05, 4.69) is 4.98 Å². The summed E-state index contributed by atoms with van der Waals surface area (Å²) >= 11 is 1.39. The number of aromatic nitrogens is 2. The lowest BCUT2D eigenvalue weighted by Gasteiger charge is -2.14. The molecule has 4 heterocycles. The summed E-state index contributed by atoms with van der Waals surface area (Å²) in [6.45, 7) is 1.30. The highest BCUT2D eigenvalue weighted by molar-refractivity contribution is 7.21. The molecule has 1 aromatic carbocycles. The summed E-state index contributed by atoms with van der Waals surface area (Å²) in [5, 5.41) is 0.873. The summed E-state index contributed by atoms with van der Waals surface area (Å²) in [4.78, 5) is 34.0. The van der Waals surface area contributed by atoms with Gasteiger partial charge in [0.15, 0.2) is 0 Å². The van der Waals surface area contributed by atoms with Crippen LogP contribution >= 0.6 is 11.3 Å². The number of pyridine rings is 1. The number of aryl methyl sites for hydroxylation is 1. The molecule has 176 valence electrons. The first-order valence-corrected chi connectivity index (χ1v) is 11.9. The molecule has 0 radical (unpaired) electrons. The average molecular weight is 479 g/mol. The van der Waals surface area contributed by atoms with E-state index in [1.807, 2.05) is 47.0 Å². The second-order valence-corrected chi connectivity index (χ2v) is 9.72. The van der Waals surface area contributed by atoms with Gasteiger partial charge in [0.1, 0.15) is 11.5 Å². The fraction of sp³-hybridized carbons (Fsp3) is 0.320. The van der Waals surface area contributed by atoms with Crippen molar-refractivity contribution in [3.05, 3.63) is 53.2 Å². The lowest BCUT2D eigenvalue weighted by molar-refractivity contribution is 0.0728. The first-order chi connectivity index (χ1) is 16.4. The average Bonchev–Trinajstić information content (AvgIpc) is 3.56. The second kappa shape index (κ2) is 8.73. The van der Waals surface area contributed by atoms with Crippen molar-refractivity contribution in [2.75, 3.05) is 34.3 Å². The molecule has 0 bridgehead atoms. The lowest BCUT2D eigenvalue weighted by Crippen LogP contribution is -2.29. The number of ether oxygens (including phenoxy) is 2. The van der Waals surface area contributed by atoms with Gasteiger partial charge in [0, 0.05) is 71.3 Å². The Balaban J connectivity index is 1.44. The number of hydrogen-bond donors (Lipinski definition) is 0. The van der Waals surface area contributed by atoms with Crippen LogP contribution in [0.25, 0.3) is 21.1 Å². The number of methoxy groups -OCH3 is 1. The predicted octanol–water partition coefficient (Wildman–Crippen LogP) is 4.14. The summed E-state index contributed by atoms with van der Waals surface area (Å²) in [5.74, 6) is 1.25. The minimum atomic E-state index is -0.0410. The number of carbonyl (C=O) groups is 2. The van der Waals surface area contributed by atoms with Gasteiger partial charge < -0.3 is 23.8 Å². The Morgan fingerprint density at radius 3 is 2.76 bits per heavy atom. The largest absolute Gasteiger partial charge is 0.456 e. The van der Waals surface area contributed by atoms with Gasteiger partial charge in [0.05, 0.1) is 32.3 Å². The quantitative estimate of drug-likeness (QED) is 0.431. The Morgan fingerprint density at radius 2 is 2.03 bits per heavy atom. The Morgan fingerprint density at radius 1 is 1.21 bits per heavy atom. The highest BCUT2D eigenvalue weighted by atomic mass is 32.1. The topological polar surface area (TPSA) is 76.9 Å². The first kappa shape index (κ1) is 22.4. The second-order valence-electron chi connectivity index (χ2n) is 8.67. The van der Waals surface area contributed by atoms with E-state index in [0.717, 1.165) is 27.5 Å². The highest BCUT2D eigenvalue weighted by Crippen LogP contribution is 2.37. The van der Waals surface area contributed by atoms with E-state index in [4.69, 9.17) is 9.47 Å². The maximum Gasteiger partial charge on any atom is 0.264 e. The van der Waals surface area contributed by atoms with E-state index < -0.39 is 0 Å². The third-order valence-electron chi connectivity index (χ3n) is 6.18. The molecule has 0 spiro atoms. The van der Waals surface area contributed by atoms with E-state index in [0.29, 0.717) is 35.0 Å². The third kappa shape index (κ3) is 3.91. The number of rotatable bonds is 5. The molecule has 2 amide bonds. The molecule has 8 nitrogen and oxygen atoms in total. The van der Waals surface area contributed by atoms with Gasteiger partial charge in [-0.15, -0.1) is 11.3 Å². The van der Waals surface area contributed by atoms with Crippen LogP contribution in [0.15, 0.2) is 42.7 Å². The SMILES string of the molecule is CO[C@@H]1CCN(C(=O)c2cc3nccc(Oc4ccc5c(C(=O)N(C)C)cn(C)c5c4)c3s2)C1. The van der Waals surface area contributed by atoms with Gasteiger partial charge in [-0.2, -0.15) is 0 Å². The van der Waals surface area contributed by atoms with Gasteiger partial charge in [-0.05, 0) is 24.6 Å². The van der Waals surface area contributed by atoms with Crippen molar-refractivity contribution >= 4 is 44.3 Å². The molecule has 0 N–H and O–H groups in total. The summed E-state index contributed by atoms with van der Waals surface area (Å²) < 4.78 is 14.4. The summed E-state index contributed by atoms with van der Waals surface area (Å²) in [6.07, 6.45) is 4.47. The first-order valence-electron chi connectivity index (χ1n) is 11.0. The van der Waals surface area contributed by atoms with Crippen LogP contribution in [-0.4, -0.2) is 71.6 Å². The van der Waals surface area contributed by atoms with E-state index in [9.17, 15) is 9.59 Å². The molecule has 1 saturated heterocycles. The number of thiophene rings is 1. The smallest absolute Gasteiger partial charge is 0.264 e. The Labute approximate surface area is 201 Å². The van der Waals surface area contributed by atoms with Crippen molar-refractivity contribution in [1.29, 1.82) is 0 Å². The van der Waals surface area contributed by atoms with E-state index in [1.165, 1.54) is 11.3 Å². The standard InChI is InChI=1S/C25H26N4O4S/c1-27(2)24(30)18-14-28(3)20-11-15(5-6-17(18)20)33-21-7-9-26-19-12-22(34-23(19)21)25(31)29-10-8-16(13-29)32-4/h5-7,9,11-12,14,16H,8,10,13H2,1-4H3/t16-/m1/s1. The highest BCUT2D eigenvalue weighted by Gasteiger charge is 2.28. The maximum atomic E-state index is 13.0. The van der Waals surface area contributed by atoms with Gasteiger partial charge in [0.25, 0.3) is 11.8 Å². The molecule has 1 aliphatic rings. The van der Waals surface area contributed by atoms with Crippen LogP contribution in [0.2, 0.25) is 0 Å². The van der Waals surface area contributed by atoms with Crippen molar-refractivity contribution in [3.8, 4) is 11.5 Å². The number of amides is 2. The molecule has 3 aromatic heterocycles. The molecule has 0 unspecified atom stereocenters. The molecule has 9 heteroatoms. The van der Waals surface area contributed by atoms with Crippen LogP contribution in [0.5, 0.6) is 11.5 Å². The van der Waals surface area contributed by atoms with Gasteiger partial charge in [-0.1, -0.05) is 0 Å². The fourth-order valence-electron chi connectivity index (χ4n) is 4.33. The zero-order valence-electron chi connectivity index (χ0n) is 19.6. The number of fused-ring (bicyclic) bond motifs is 2. The van der Waals surface area contributed by atoms with Crippen LogP contribution in [-0.2, 0) is 11.8 Å². The summed E-state index contributed by atoms with van der Waals surface area (Å²) in [5.41, 5.74) is 2.28. The normalized spacial score (nSPS) is 15.9. The van der Waals surface area contributed by atoms with Crippen LogP contribution in [0, 0.1) is 0 Å². The molecular formula is C25H26N4O4S. The minimum absolute atomic E-state index is 0.00295. The van der Waals surface area contributed by atoms with E-state index in [1.54, 1.807) is 38.4 Å². The molecule has 0 aliphatic carbocycles. The number of carbonyl (C=O) groups excluding carboxylic acids is 2. The maximum absolute atomic E-state index is 13.0. The molecule has 1 aliphatic heterocycles. The zero-order chi connectivity index (χ0) is 24.0. The van der Waals surface area contributed by atoms with Crippen LogP contribution in [0.4, 0.5) is 0 Å². The van der Waals surface area contributed by atoms with Crippen LogP contribution in [0.1, 0.15) is 26.5 Å². The third-order valence-corrected chi connectivity index (χ3v) is 7.31. The molecule has 0 saturated carbocycles. The molecule has 5 rings (SSSR count). The van der Waals surface area contributed by atoms with E-state index in [-0.39, 0.29) is 17.9 Å². The Kier molecular flexibility index (Phi) is 5.75. The van der Waals surface area contributed by atoms with Crippen molar-refractivity contribution in [2.45, 2.75) is 12.5 Å². The Bertz CT molecular complexity index is 1410. The minimum Gasteiger partial charge on any atom is -0.456 e. The Hall–Kier alpha value is -3.43. The fourth-order valence-corrected chi connectivity index (χ4v) is 5.36. The number of benzene rings is 1. The zero-order valence-corrected chi connectivity index (χ0v) is 20.4.